The molecule has 80 valence electrons. The van der Waals surface area contributed by atoms with Crippen LogP contribution in [0.2, 0.25) is 0 Å². The molecule has 0 fully saturated rings. The van der Waals surface area contributed by atoms with Crippen LogP contribution >= 0.6 is 48.0 Å². The van der Waals surface area contributed by atoms with Gasteiger partial charge >= 0.3 is 0 Å². The number of hydrogen-bond donors (Lipinski definition) is 2. The number of nitrogens with two attached hydrogens (primary N) is 2. The van der Waals surface area contributed by atoms with Crippen molar-refractivity contribution in [2.75, 3.05) is 27.4 Å². The minimum atomic E-state index is 0. The summed E-state index contributed by atoms with van der Waals surface area (Å²) in [5.74, 6) is 0. The summed E-state index contributed by atoms with van der Waals surface area (Å²) in [6.07, 6.45) is 1.89. The summed E-state index contributed by atoms with van der Waals surface area (Å²) in [4.78, 5) is 5.34. The van der Waals surface area contributed by atoms with E-state index in [1.165, 1.54) is 11.8 Å². The summed E-state index contributed by atoms with van der Waals surface area (Å²) in [7, 11) is 5.29. The highest BCUT2D eigenvalue weighted by molar-refractivity contribution is 14.0. The van der Waals surface area contributed by atoms with Crippen molar-refractivity contribution in [2.24, 2.45) is 16.5 Å². The third-order valence-electron chi connectivity index (χ3n) is 0.870. The molecular formula is C6H17IN4S2. The van der Waals surface area contributed by atoms with E-state index in [9.17, 15) is 0 Å². The number of thioether (sulfide) groups is 1. The van der Waals surface area contributed by atoms with Gasteiger partial charge in [-0.15, -0.1) is 24.0 Å². The fourth-order valence-corrected chi connectivity index (χ4v) is 0.274. The van der Waals surface area contributed by atoms with Crippen LogP contribution < -0.4 is 11.5 Å². The fraction of sp³-hybridized carbons (Fsp3) is 0.667. The minimum absolute atomic E-state index is 0. The van der Waals surface area contributed by atoms with E-state index in [4.69, 9.17) is 11.5 Å². The Hall–Kier alpha value is 0.240. The van der Waals surface area contributed by atoms with Gasteiger partial charge in [-0.1, -0.05) is 11.8 Å². The highest BCUT2D eigenvalue weighted by Crippen LogP contribution is 1.86. The van der Waals surface area contributed by atoms with E-state index in [1.54, 1.807) is 11.9 Å². The molecule has 0 heterocycles. The summed E-state index contributed by atoms with van der Waals surface area (Å²) in [6.45, 7) is 0. The average molecular weight is 336 g/mol. The topological polar surface area (TPSA) is 67.6 Å². The number of nitrogens with zero attached hydrogens (tertiary/aromatic N) is 2. The maximum atomic E-state index is 5.19. The standard InChI is InChI=1S/2C3H8N2S.HI/c1-5-3(4)6-2;1-5(2)3(4)6;/h1-2H3,(H2,4,5);1-2H3,(H2,4,6);1H. The van der Waals surface area contributed by atoms with E-state index in [1.807, 2.05) is 20.4 Å². The van der Waals surface area contributed by atoms with Crippen LogP contribution in [0.15, 0.2) is 4.99 Å². The van der Waals surface area contributed by atoms with Crippen LogP contribution in [0.1, 0.15) is 0 Å². The van der Waals surface area contributed by atoms with Crippen LogP contribution in [0.25, 0.3) is 0 Å². The maximum absolute atomic E-state index is 5.19. The number of halogens is 1. The van der Waals surface area contributed by atoms with Crippen molar-refractivity contribution < 1.29 is 0 Å². The molecule has 0 saturated carbocycles. The second-order valence-electron chi connectivity index (χ2n) is 2.00. The van der Waals surface area contributed by atoms with Gasteiger partial charge in [0.25, 0.3) is 0 Å². The van der Waals surface area contributed by atoms with Gasteiger partial charge in [-0.05, 0) is 18.5 Å². The van der Waals surface area contributed by atoms with Crippen LogP contribution in [0, 0.1) is 0 Å². The normalized spacial score (nSPS) is 9.08. The van der Waals surface area contributed by atoms with Gasteiger partial charge in [-0.2, -0.15) is 0 Å². The zero-order chi connectivity index (χ0) is 10.1. The predicted molar refractivity (Wildman–Crippen MR) is 76.9 cm³/mol. The Morgan fingerprint density at radius 1 is 1.38 bits per heavy atom. The summed E-state index contributed by atoms with van der Waals surface area (Å²) in [6, 6.07) is 0. The van der Waals surface area contributed by atoms with Gasteiger partial charge in [0, 0.05) is 21.1 Å². The lowest BCUT2D eigenvalue weighted by molar-refractivity contribution is 0.628. The van der Waals surface area contributed by atoms with Gasteiger partial charge in [0.2, 0.25) is 0 Å². The summed E-state index contributed by atoms with van der Waals surface area (Å²) < 4.78 is 0. The Morgan fingerprint density at radius 3 is 1.69 bits per heavy atom. The van der Waals surface area contributed by atoms with Gasteiger partial charge < -0.3 is 16.4 Å². The Morgan fingerprint density at radius 2 is 1.69 bits per heavy atom. The van der Waals surface area contributed by atoms with E-state index < -0.39 is 0 Å². The fourth-order valence-electron chi connectivity index (χ4n) is 0.0913. The molecule has 0 saturated heterocycles. The summed E-state index contributed by atoms with van der Waals surface area (Å²) >= 11 is 5.98. The molecule has 4 nitrogen and oxygen atoms in total. The minimum Gasteiger partial charge on any atom is -0.379 e. The predicted octanol–water partition coefficient (Wildman–Crippen LogP) is 0.704. The second kappa shape index (κ2) is 12.2. The first kappa shape index (κ1) is 18.9. The zero-order valence-electron chi connectivity index (χ0n) is 8.27. The third-order valence-corrected chi connectivity index (χ3v) is 1.84. The number of rotatable bonds is 0. The molecule has 0 amide bonds. The van der Waals surface area contributed by atoms with E-state index in [0.29, 0.717) is 10.3 Å². The van der Waals surface area contributed by atoms with Crippen LogP contribution in [-0.2, 0) is 0 Å². The van der Waals surface area contributed by atoms with E-state index in [0.717, 1.165) is 0 Å². The number of hydrogen-bond acceptors (Lipinski definition) is 3. The second-order valence-corrected chi connectivity index (χ2v) is 3.24. The lowest BCUT2D eigenvalue weighted by Crippen LogP contribution is -2.27. The molecule has 0 bridgehead atoms. The number of amidine groups is 1. The Bertz CT molecular complexity index is 161. The molecular weight excluding hydrogens is 319 g/mol. The van der Waals surface area contributed by atoms with Gasteiger partial charge in [0.1, 0.15) is 0 Å². The molecule has 0 spiro atoms. The highest BCUT2D eigenvalue weighted by Gasteiger charge is 1.82. The van der Waals surface area contributed by atoms with E-state index in [-0.39, 0.29) is 24.0 Å². The number of thiocarbonyl (C=S) groups is 1. The van der Waals surface area contributed by atoms with Gasteiger partial charge in [-0.3, -0.25) is 4.99 Å². The Labute approximate surface area is 107 Å². The SMILES string of the molecule is CN(C)C(N)=S.CN=C(N)SC.I. The van der Waals surface area contributed by atoms with Crippen LogP contribution in [0.4, 0.5) is 0 Å². The first-order valence-electron chi connectivity index (χ1n) is 3.18. The first-order chi connectivity index (χ1) is 5.45. The van der Waals surface area contributed by atoms with Gasteiger partial charge in [-0.25, -0.2) is 0 Å². The average Bonchev–Trinajstić information content (AvgIpc) is 2.04. The van der Waals surface area contributed by atoms with Crippen LogP contribution in [-0.4, -0.2) is 42.6 Å². The van der Waals surface area contributed by atoms with Crippen molar-refractivity contribution in [2.45, 2.75) is 0 Å². The highest BCUT2D eigenvalue weighted by atomic mass is 127. The summed E-state index contributed by atoms with van der Waals surface area (Å²) in [5.41, 5.74) is 10.3. The maximum Gasteiger partial charge on any atom is 0.165 e. The molecule has 0 aromatic rings. The van der Waals surface area contributed by atoms with Gasteiger partial charge in [0.15, 0.2) is 10.3 Å². The summed E-state index contributed by atoms with van der Waals surface area (Å²) in [5, 5.41) is 1.06. The quantitative estimate of drug-likeness (QED) is 0.295. The molecule has 0 aliphatic rings. The molecule has 0 radical (unpaired) electrons. The molecule has 4 N–H and O–H groups in total. The van der Waals surface area contributed by atoms with Crippen LogP contribution in [0.5, 0.6) is 0 Å². The molecule has 0 unspecified atom stereocenters. The molecule has 0 aliphatic heterocycles. The molecule has 13 heavy (non-hydrogen) atoms. The molecule has 0 aromatic carbocycles. The largest absolute Gasteiger partial charge is 0.379 e. The monoisotopic (exact) mass is 336 g/mol. The van der Waals surface area contributed by atoms with Crippen molar-refractivity contribution in [3.05, 3.63) is 0 Å². The molecule has 0 atom stereocenters. The van der Waals surface area contributed by atoms with Gasteiger partial charge in [0.05, 0.1) is 0 Å². The van der Waals surface area contributed by atoms with Crippen molar-refractivity contribution in [1.29, 1.82) is 0 Å². The lowest BCUT2D eigenvalue weighted by Gasteiger charge is -2.05. The van der Waals surface area contributed by atoms with E-state index >= 15 is 0 Å². The van der Waals surface area contributed by atoms with Crippen molar-refractivity contribution in [3.8, 4) is 0 Å². The lowest BCUT2D eigenvalue weighted by atomic mass is 10.9. The third kappa shape index (κ3) is 18.9. The van der Waals surface area contributed by atoms with Crippen molar-refractivity contribution in [3.63, 3.8) is 0 Å². The Kier molecular flexibility index (Phi) is 17.8. The first-order valence-corrected chi connectivity index (χ1v) is 4.82. The smallest absolute Gasteiger partial charge is 0.165 e. The molecule has 0 rings (SSSR count). The Balaban J connectivity index is -0.000000143. The molecule has 7 heteroatoms. The van der Waals surface area contributed by atoms with Crippen molar-refractivity contribution >= 4 is 58.2 Å². The zero-order valence-corrected chi connectivity index (χ0v) is 12.2. The molecule has 0 aromatic heterocycles. The van der Waals surface area contributed by atoms with E-state index in [2.05, 4.69) is 17.2 Å². The van der Waals surface area contributed by atoms with Crippen molar-refractivity contribution in [1.82, 2.24) is 4.90 Å². The van der Waals surface area contributed by atoms with Crippen LogP contribution in [0.3, 0.4) is 0 Å². The number of aliphatic imine (C=N–C) groups is 1. The molecule has 0 aliphatic carbocycles.